The molecule has 0 aliphatic carbocycles. The van der Waals surface area contributed by atoms with Gasteiger partial charge in [-0.3, -0.25) is 4.79 Å². The first-order chi connectivity index (χ1) is 13.5. The lowest BCUT2D eigenvalue weighted by Crippen LogP contribution is -2.33. The number of phenols is 1. The van der Waals surface area contributed by atoms with Gasteiger partial charge in [0.15, 0.2) is 6.61 Å². The van der Waals surface area contributed by atoms with Gasteiger partial charge in [0.1, 0.15) is 11.3 Å². The van der Waals surface area contributed by atoms with E-state index in [-0.39, 0.29) is 22.4 Å². The van der Waals surface area contributed by atoms with Crippen LogP contribution in [-0.2, 0) is 9.53 Å². The average molecular weight is 396 g/mol. The van der Waals surface area contributed by atoms with Crippen molar-refractivity contribution < 1.29 is 19.4 Å². The first-order valence-electron chi connectivity index (χ1n) is 8.59. The number of ether oxygens (including phenoxy) is 1. The van der Waals surface area contributed by atoms with Crippen molar-refractivity contribution in [2.75, 3.05) is 6.61 Å². The fourth-order valence-corrected chi connectivity index (χ4v) is 2.91. The maximum absolute atomic E-state index is 12.4. The highest BCUT2D eigenvalue weighted by Crippen LogP contribution is 2.23. The third kappa shape index (κ3) is 4.90. The molecular formula is C22H18ClNO4. The Labute approximate surface area is 167 Å². The van der Waals surface area contributed by atoms with E-state index >= 15 is 0 Å². The molecule has 3 aromatic rings. The summed E-state index contributed by atoms with van der Waals surface area (Å²) in [6.07, 6.45) is 0. The van der Waals surface area contributed by atoms with E-state index in [1.807, 2.05) is 60.7 Å². The Bertz CT molecular complexity index is 921. The number of phenolic OH excluding ortho intramolecular Hbond substituents is 1. The number of nitrogens with one attached hydrogen (secondary N) is 1. The van der Waals surface area contributed by atoms with Crippen LogP contribution < -0.4 is 5.32 Å². The maximum Gasteiger partial charge on any atom is 0.342 e. The van der Waals surface area contributed by atoms with E-state index < -0.39 is 18.5 Å². The minimum Gasteiger partial charge on any atom is -0.507 e. The zero-order valence-electron chi connectivity index (χ0n) is 14.8. The SMILES string of the molecule is O=C(COC(=O)c1cc(Cl)ccc1O)NC(c1ccccc1)c1ccccc1. The van der Waals surface area contributed by atoms with Crippen molar-refractivity contribution in [1.29, 1.82) is 0 Å². The summed E-state index contributed by atoms with van der Waals surface area (Å²) in [5.41, 5.74) is 1.71. The van der Waals surface area contributed by atoms with Gasteiger partial charge in [0.05, 0.1) is 6.04 Å². The summed E-state index contributed by atoms with van der Waals surface area (Å²) < 4.78 is 5.03. The van der Waals surface area contributed by atoms with Crippen LogP contribution in [0, 0.1) is 0 Å². The summed E-state index contributed by atoms with van der Waals surface area (Å²) in [6.45, 7) is -0.485. The minimum atomic E-state index is -0.828. The van der Waals surface area contributed by atoms with Crippen LogP contribution in [-0.4, -0.2) is 23.6 Å². The van der Waals surface area contributed by atoms with Crippen molar-refractivity contribution in [3.63, 3.8) is 0 Å². The van der Waals surface area contributed by atoms with E-state index in [0.717, 1.165) is 11.1 Å². The third-order valence-electron chi connectivity index (χ3n) is 4.08. The summed E-state index contributed by atoms with van der Waals surface area (Å²) in [7, 11) is 0. The molecule has 5 nitrogen and oxygen atoms in total. The number of hydrogen-bond donors (Lipinski definition) is 2. The van der Waals surface area contributed by atoms with Crippen molar-refractivity contribution in [1.82, 2.24) is 5.32 Å². The van der Waals surface area contributed by atoms with Gasteiger partial charge < -0.3 is 15.2 Å². The summed E-state index contributed by atoms with van der Waals surface area (Å²) in [5.74, 6) is -1.56. The zero-order valence-corrected chi connectivity index (χ0v) is 15.6. The summed E-state index contributed by atoms with van der Waals surface area (Å²) in [5, 5.41) is 12.9. The van der Waals surface area contributed by atoms with Crippen LogP contribution in [0.1, 0.15) is 27.5 Å². The third-order valence-corrected chi connectivity index (χ3v) is 4.32. The number of amides is 1. The first kappa shape index (κ1) is 19.5. The molecule has 142 valence electrons. The maximum atomic E-state index is 12.4. The Morgan fingerprint density at radius 3 is 2.07 bits per heavy atom. The van der Waals surface area contributed by atoms with Crippen LogP contribution in [0.2, 0.25) is 5.02 Å². The van der Waals surface area contributed by atoms with E-state index in [9.17, 15) is 14.7 Å². The highest BCUT2D eigenvalue weighted by Gasteiger charge is 2.19. The molecule has 6 heteroatoms. The molecule has 0 aliphatic rings. The molecule has 0 atom stereocenters. The van der Waals surface area contributed by atoms with Gasteiger partial charge in [-0.05, 0) is 29.3 Å². The zero-order chi connectivity index (χ0) is 19.9. The van der Waals surface area contributed by atoms with Gasteiger partial charge in [-0.15, -0.1) is 0 Å². The number of esters is 1. The van der Waals surface area contributed by atoms with Gasteiger partial charge in [-0.2, -0.15) is 0 Å². The molecule has 0 bridgehead atoms. The normalized spacial score (nSPS) is 10.5. The predicted octanol–water partition coefficient (Wildman–Crippen LogP) is 4.11. The lowest BCUT2D eigenvalue weighted by Gasteiger charge is -2.20. The van der Waals surface area contributed by atoms with Crippen LogP contribution >= 0.6 is 11.6 Å². The van der Waals surface area contributed by atoms with Crippen molar-refractivity contribution in [2.45, 2.75) is 6.04 Å². The van der Waals surface area contributed by atoms with Crippen LogP contribution in [0.15, 0.2) is 78.9 Å². The van der Waals surface area contributed by atoms with E-state index in [1.54, 1.807) is 0 Å². The second kappa shape index (κ2) is 9.06. The predicted molar refractivity (Wildman–Crippen MR) is 106 cm³/mol. The molecular weight excluding hydrogens is 378 g/mol. The number of benzene rings is 3. The molecule has 3 rings (SSSR count). The molecule has 3 aromatic carbocycles. The molecule has 1 amide bonds. The van der Waals surface area contributed by atoms with E-state index in [4.69, 9.17) is 16.3 Å². The van der Waals surface area contributed by atoms with E-state index in [2.05, 4.69) is 5.32 Å². The van der Waals surface area contributed by atoms with Crippen LogP contribution in [0.5, 0.6) is 5.75 Å². The topological polar surface area (TPSA) is 75.6 Å². The number of carbonyl (C=O) groups is 2. The smallest absolute Gasteiger partial charge is 0.342 e. The molecule has 28 heavy (non-hydrogen) atoms. The van der Waals surface area contributed by atoms with Crippen molar-refractivity contribution in [2.24, 2.45) is 0 Å². The van der Waals surface area contributed by atoms with Crippen molar-refractivity contribution in [3.8, 4) is 5.75 Å². The van der Waals surface area contributed by atoms with Gasteiger partial charge in [-0.25, -0.2) is 4.79 Å². The lowest BCUT2D eigenvalue weighted by atomic mass is 9.99. The number of carbonyl (C=O) groups excluding carboxylic acids is 2. The molecule has 0 aromatic heterocycles. The second-order valence-electron chi connectivity index (χ2n) is 6.06. The molecule has 0 fully saturated rings. The molecule has 0 radical (unpaired) electrons. The Morgan fingerprint density at radius 1 is 0.929 bits per heavy atom. The number of halogens is 1. The Balaban J connectivity index is 1.69. The van der Waals surface area contributed by atoms with Crippen LogP contribution in [0.25, 0.3) is 0 Å². The number of hydrogen-bond acceptors (Lipinski definition) is 4. The summed E-state index contributed by atoms with van der Waals surface area (Å²) >= 11 is 5.83. The van der Waals surface area contributed by atoms with Gasteiger partial charge in [-0.1, -0.05) is 72.3 Å². The summed E-state index contributed by atoms with van der Waals surface area (Å²) in [6, 6.07) is 22.6. The van der Waals surface area contributed by atoms with Gasteiger partial charge in [0.25, 0.3) is 5.91 Å². The van der Waals surface area contributed by atoms with Crippen LogP contribution in [0.3, 0.4) is 0 Å². The molecule has 0 unspecified atom stereocenters. The number of rotatable bonds is 6. The fourth-order valence-electron chi connectivity index (χ4n) is 2.73. The molecule has 0 aliphatic heterocycles. The van der Waals surface area contributed by atoms with Crippen molar-refractivity contribution in [3.05, 3.63) is 101 Å². The second-order valence-corrected chi connectivity index (χ2v) is 6.50. The first-order valence-corrected chi connectivity index (χ1v) is 8.97. The van der Waals surface area contributed by atoms with Gasteiger partial charge >= 0.3 is 5.97 Å². The Kier molecular flexibility index (Phi) is 6.29. The lowest BCUT2D eigenvalue weighted by molar-refractivity contribution is -0.124. The monoisotopic (exact) mass is 395 g/mol. The minimum absolute atomic E-state index is 0.0945. The largest absolute Gasteiger partial charge is 0.507 e. The highest BCUT2D eigenvalue weighted by atomic mass is 35.5. The Morgan fingerprint density at radius 2 is 1.50 bits per heavy atom. The number of aromatic hydroxyl groups is 1. The highest BCUT2D eigenvalue weighted by molar-refractivity contribution is 6.31. The standard InChI is InChI=1S/C22H18ClNO4/c23-17-11-12-19(25)18(13-17)22(27)28-14-20(26)24-21(15-7-3-1-4-8-15)16-9-5-2-6-10-16/h1-13,21,25H,14H2,(H,24,26). The average Bonchev–Trinajstić information content (AvgIpc) is 2.73. The fraction of sp³-hybridized carbons (Fsp3) is 0.0909. The molecule has 0 spiro atoms. The van der Waals surface area contributed by atoms with E-state index in [1.165, 1.54) is 18.2 Å². The van der Waals surface area contributed by atoms with Crippen molar-refractivity contribution >= 4 is 23.5 Å². The summed E-state index contributed by atoms with van der Waals surface area (Å²) in [4.78, 5) is 24.5. The molecule has 0 saturated heterocycles. The molecule has 0 saturated carbocycles. The molecule has 2 N–H and O–H groups in total. The Hall–Kier alpha value is -3.31. The van der Waals surface area contributed by atoms with E-state index in [0.29, 0.717) is 0 Å². The van der Waals surface area contributed by atoms with Gasteiger partial charge in [0, 0.05) is 5.02 Å². The van der Waals surface area contributed by atoms with Gasteiger partial charge in [0.2, 0.25) is 0 Å². The molecule has 0 heterocycles. The quantitative estimate of drug-likeness (QED) is 0.616. The van der Waals surface area contributed by atoms with Crippen LogP contribution in [0.4, 0.5) is 0 Å².